The van der Waals surface area contributed by atoms with Crippen molar-refractivity contribution in [2.45, 2.75) is 465 Å². The molecule has 17 nitrogen and oxygen atoms in total. The van der Waals surface area contributed by atoms with Gasteiger partial charge >= 0.3 is 39.5 Å². The Morgan fingerprint density at radius 3 is 0.654 bits per heavy atom. The van der Waals surface area contributed by atoms with E-state index >= 15 is 0 Å². The van der Waals surface area contributed by atoms with E-state index in [-0.39, 0.29) is 25.7 Å². The molecule has 5 atom stereocenters. The molecule has 0 radical (unpaired) electrons. The Morgan fingerprint density at radius 1 is 0.260 bits per heavy atom. The maximum Gasteiger partial charge on any atom is 0.472 e. The first-order valence-corrected chi connectivity index (χ1v) is 46.8. The third-order valence-electron chi connectivity index (χ3n) is 19.9. The van der Waals surface area contributed by atoms with Crippen LogP contribution in [0.15, 0.2) is 0 Å². The van der Waals surface area contributed by atoms with Crippen LogP contribution in [-0.2, 0) is 65.4 Å². The normalized spacial score (nSPS) is 13.9. The fourth-order valence-corrected chi connectivity index (χ4v) is 14.8. The fraction of sp³-hybridized carbons (Fsp3) is 0.953. The van der Waals surface area contributed by atoms with Crippen molar-refractivity contribution in [2.75, 3.05) is 39.6 Å². The van der Waals surface area contributed by atoms with Crippen molar-refractivity contribution < 1.29 is 80.2 Å². The zero-order valence-electron chi connectivity index (χ0n) is 68.5. The van der Waals surface area contributed by atoms with Crippen LogP contribution in [0.4, 0.5) is 0 Å². The molecule has 0 aliphatic heterocycles. The summed E-state index contributed by atoms with van der Waals surface area (Å²) in [7, 11) is -9.93. The summed E-state index contributed by atoms with van der Waals surface area (Å²) in [4.78, 5) is 73.1. The molecule has 0 aliphatic rings. The second-order valence-electron chi connectivity index (χ2n) is 32.0. The second kappa shape index (κ2) is 75.1. The highest BCUT2D eigenvalue weighted by molar-refractivity contribution is 7.47. The third-order valence-corrected chi connectivity index (χ3v) is 21.8. The Hall–Kier alpha value is -1.94. The number of carbonyl (C=O) groups excluding carboxylic acids is 4. The molecule has 0 saturated carbocycles. The fourth-order valence-electron chi connectivity index (χ4n) is 13.2. The highest BCUT2D eigenvalue weighted by Gasteiger charge is 2.30. The first kappa shape index (κ1) is 102. The van der Waals surface area contributed by atoms with E-state index in [1.165, 1.54) is 250 Å². The monoisotopic (exact) mass is 1520 g/mol. The number of hydrogen-bond donors (Lipinski definition) is 3. The molecule has 104 heavy (non-hydrogen) atoms. The summed E-state index contributed by atoms with van der Waals surface area (Å²) in [5.74, 6) is 0.169. The summed E-state index contributed by atoms with van der Waals surface area (Å²) in [5.41, 5.74) is 0. The van der Waals surface area contributed by atoms with Crippen molar-refractivity contribution in [1.29, 1.82) is 0 Å². The Kier molecular flexibility index (Phi) is 73.7. The number of phosphoric ester groups is 2. The Labute approximate surface area is 638 Å². The lowest BCUT2D eigenvalue weighted by molar-refractivity contribution is -0.161. The van der Waals surface area contributed by atoms with Crippen LogP contribution in [0.3, 0.4) is 0 Å². The average molecular weight is 1520 g/mol. The van der Waals surface area contributed by atoms with Crippen molar-refractivity contribution in [1.82, 2.24) is 0 Å². The molecule has 0 spiro atoms. The van der Waals surface area contributed by atoms with Crippen LogP contribution in [-0.4, -0.2) is 96.7 Å². The first-order chi connectivity index (χ1) is 50.2. The van der Waals surface area contributed by atoms with Crippen LogP contribution < -0.4 is 0 Å². The summed E-state index contributed by atoms with van der Waals surface area (Å²) in [5, 5.41) is 10.7. The molecular weight excluding hydrogens is 1350 g/mol. The van der Waals surface area contributed by atoms with Crippen LogP contribution in [0.5, 0.6) is 0 Å². The van der Waals surface area contributed by atoms with E-state index in [4.69, 9.17) is 37.0 Å². The Morgan fingerprint density at radius 2 is 0.442 bits per heavy atom. The predicted molar refractivity (Wildman–Crippen MR) is 428 cm³/mol. The first-order valence-electron chi connectivity index (χ1n) is 43.8. The molecule has 0 rings (SSSR count). The van der Waals surface area contributed by atoms with Crippen LogP contribution in [0.1, 0.15) is 447 Å². The number of hydrogen-bond acceptors (Lipinski definition) is 15. The number of aliphatic hydroxyl groups is 1. The van der Waals surface area contributed by atoms with Gasteiger partial charge in [-0.05, 0) is 43.4 Å². The molecule has 0 fully saturated rings. The molecule has 0 aromatic carbocycles. The van der Waals surface area contributed by atoms with Crippen molar-refractivity contribution >= 4 is 39.5 Å². The zero-order valence-corrected chi connectivity index (χ0v) is 70.3. The smallest absolute Gasteiger partial charge is 0.462 e. The summed E-state index contributed by atoms with van der Waals surface area (Å²) in [6.45, 7) is 11.9. The quantitative estimate of drug-likeness (QED) is 0.0222. The van der Waals surface area contributed by atoms with E-state index in [1.807, 2.05) is 0 Å². The molecule has 618 valence electrons. The molecule has 0 bridgehead atoms. The summed E-state index contributed by atoms with van der Waals surface area (Å²) < 4.78 is 68.8. The number of phosphoric acid groups is 2. The van der Waals surface area contributed by atoms with E-state index in [1.54, 1.807) is 0 Å². The van der Waals surface area contributed by atoms with Gasteiger partial charge in [0.2, 0.25) is 0 Å². The number of esters is 4. The van der Waals surface area contributed by atoms with Gasteiger partial charge < -0.3 is 33.8 Å². The van der Waals surface area contributed by atoms with Gasteiger partial charge in [0.25, 0.3) is 0 Å². The second-order valence-corrected chi connectivity index (χ2v) is 34.9. The Balaban J connectivity index is 5.21. The van der Waals surface area contributed by atoms with Crippen LogP contribution in [0.25, 0.3) is 0 Å². The minimum atomic E-state index is -4.97. The highest BCUT2D eigenvalue weighted by atomic mass is 31.2. The molecule has 0 aromatic rings. The standard InChI is InChI=1S/C85H166O17P2/c1-8-9-10-11-12-13-14-15-16-17-18-19-23-26-29-32-38-45-52-59-66-82(87)95-72-80(101-84(89)68-61-54-46-39-33-30-27-24-21-20-22-25-28-31-36-42-49-56-63-76(2)3)74-99-103(91,92)97-70-79(86)71-98-104(93,94)100-75-81(73-96-83(88)67-60-53-48-41-44-51-58-65-78(6)7)102-85(90)69-62-55-47-40-35-34-37-43-50-57-64-77(4)5/h76-81,86H,8-75H2,1-7H3,(H,91,92)(H,93,94)/t79-,80-,81-/m1/s1. The molecule has 0 aliphatic carbocycles. The summed E-state index contributed by atoms with van der Waals surface area (Å²) in [6.07, 6.45) is 65.5. The largest absolute Gasteiger partial charge is 0.472 e. The molecule has 2 unspecified atom stereocenters. The maximum atomic E-state index is 13.1. The molecular formula is C85H166O17P2. The van der Waals surface area contributed by atoms with Gasteiger partial charge in [-0.2, -0.15) is 0 Å². The van der Waals surface area contributed by atoms with Crippen molar-refractivity contribution in [2.24, 2.45) is 17.8 Å². The van der Waals surface area contributed by atoms with Crippen molar-refractivity contribution in [3.63, 3.8) is 0 Å². The van der Waals surface area contributed by atoms with Gasteiger partial charge in [-0.1, -0.05) is 395 Å². The minimum Gasteiger partial charge on any atom is -0.462 e. The third kappa shape index (κ3) is 78.2. The van der Waals surface area contributed by atoms with Gasteiger partial charge in [-0.25, -0.2) is 9.13 Å². The van der Waals surface area contributed by atoms with Gasteiger partial charge in [0, 0.05) is 25.7 Å². The predicted octanol–water partition coefficient (Wildman–Crippen LogP) is 25.7. The zero-order chi connectivity index (χ0) is 76.5. The van der Waals surface area contributed by atoms with Crippen LogP contribution >= 0.6 is 15.6 Å². The van der Waals surface area contributed by atoms with Gasteiger partial charge in [0.15, 0.2) is 12.2 Å². The average Bonchev–Trinajstić information content (AvgIpc) is 0.943. The van der Waals surface area contributed by atoms with Crippen LogP contribution in [0, 0.1) is 17.8 Å². The van der Waals surface area contributed by atoms with Gasteiger partial charge in [-0.15, -0.1) is 0 Å². The Bertz CT molecular complexity index is 2010. The lowest BCUT2D eigenvalue weighted by atomic mass is 10.0. The van der Waals surface area contributed by atoms with Gasteiger partial charge in [-0.3, -0.25) is 37.3 Å². The topological polar surface area (TPSA) is 237 Å². The molecule has 19 heteroatoms. The molecule has 0 heterocycles. The lowest BCUT2D eigenvalue weighted by Crippen LogP contribution is -2.30. The van der Waals surface area contributed by atoms with Gasteiger partial charge in [0.1, 0.15) is 19.3 Å². The number of ether oxygens (including phenoxy) is 4. The summed E-state index contributed by atoms with van der Waals surface area (Å²) >= 11 is 0. The number of aliphatic hydroxyl groups excluding tert-OH is 1. The van der Waals surface area contributed by atoms with Crippen LogP contribution in [0.2, 0.25) is 0 Å². The number of unbranched alkanes of at least 4 members (excludes halogenated alkanes) is 51. The minimum absolute atomic E-state index is 0.105. The number of rotatable bonds is 83. The van der Waals surface area contributed by atoms with E-state index < -0.39 is 97.5 Å². The van der Waals surface area contributed by atoms with E-state index in [0.717, 1.165) is 108 Å². The molecule has 0 aromatic heterocycles. The SMILES string of the molecule is CCCCCCCCCCCCCCCCCCCCCCC(=O)OC[C@H](COP(=O)(O)OC[C@@H](O)COP(=O)(O)OC[C@@H](COC(=O)CCCCCCCCCC(C)C)OC(=O)CCCCCCCCCCCCC(C)C)OC(=O)CCCCCCCCCCCCCCCCCCCCC(C)C. The van der Waals surface area contributed by atoms with Crippen molar-refractivity contribution in [3.05, 3.63) is 0 Å². The van der Waals surface area contributed by atoms with E-state index in [9.17, 15) is 43.2 Å². The maximum absolute atomic E-state index is 13.1. The lowest BCUT2D eigenvalue weighted by Gasteiger charge is -2.21. The molecule has 0 amide bonds. The molecule has 3 N–H and O–H groups in total. The van der Waals surface area contributed by atoms with Crippen molar-refractivity contribution in [3.8, 4) is 0 Å². The van der Waals surface area contributed by atoms with E-state index in [2.05, 4.69) is 48.5 Å². The van der Waals surface area contributed by atoms with Gasteiger partial charge in [0.05, 0.1) is 26.4 Å². The summed E-state index contributed by atoms with van der Waals surface area (Å²) in [6, 6.07) is 0. The number of carbonyl (C=O) groups is 4. The highest BCUT2D eigenvalue weighted by Crippen LogP contribution is 2.45. The molecule has 0 saturated heterocycles. The van der Waals surface area contributed by atoms with E-state index in [0.29, 0.717) is 31.6 Å².